The number of quaternary nitrogens is 1. The minimum Gasteiger partial charge on any atom is -0.491 e. The summed E-state index contributed by atoms with van der Waals surface area (Å²) >= 11 is 0. The summed E-state index contributed by atoms with van der Waals surface area (Å²) in [6.45, 7) is 18.7. The SMILES string of the molecule is CC(C)(C)c1ccc(OCCOC[C@@H](O)C[N+]2(Cc3ccccc3)CCCC2)c(C(C)(C)C)c1. The fourth-order valence-corrected chi connectivity index (χ4v) is 5.02. The molecule has 0 radical (unpaired) electrons. The van der Waals surface area contributed by atoms with E-state index in [-0.39, 0.29) is 10.8 Å². The first kappa shape index (κ1) is 26.7. The monoisotopic (exact) mass is 468 g/mol. The third kappa shape index (κ3) is 7.56. The predicted octanol–water partition coefficient (Wildman–Crippen LogP) is 5.85. The average Bonchev–Trinajstić information content (AvgIpc) is 3.20. The van der Waals surface area contributed by atoms with Gasteiger partial charge in [-0.25, -0.2) is 0 Å². The van der Waals surface area contributed by atoms with Gasteiger partial charge in [-0.2, -0.15) is 0 Å². The van der Waals surface area contributed by atoms with Gasteiger partial charge in [0.05, 0.1) is 26.3 Å². The highest BCUT2D eigenvalue weighted by atomic mass is 16.5. The first-order valence-corrected chi connectivity index (χ1v) is 12.9. The number of aliphatic hydroxyl groups excluding tert-OH is 1. The third-order valence-corrected chi connectivity index (χ3v) is 6.92. The molecule has 1 aliphatic heterocycles. The van der Waals surface area contributed by atoms with Gasteiger partial charge in [-0.05, 0) is 28.0 Å². The molecule has 0 aromatic heterocycles. The van der Waals surface area contributed by atoms with Gasteiger partial charge in [0, 0.05) is 18.4 Å². The number of nitrogens with zero attached hydrogens (tertiary/aromatic N) is 1. The van der Waals surface area contributed by atoms with Gasteiger partial charge in [0.25, 0.3) is 0 Å². The van der Waals surface area contributed by atoms with Gasteiger partial charge in [-0.3, -0.25) is 0 Å². The van der Waals surface area contributed by atoms with Gasteiger partial charge < -0.3 is 19.1 Å². The second kappa shape index (κ2) is 11.2. The molecule has 188 valence electrons. The summed E-state index contributed by atoms with van der Waals surface area (Å²) in [5, 5.41) is 10.7. The lowest BCUT2D eigenvalue weighted by atomic mass is 9.80. The van der Waals surface area contributed by atoms with Crippen LogP contribution in [0.1, 0.15) is 71.1 Å². The van der Waals surface area contributed by atoms with Crippen LogP contribution in [0.5, 0.6) is 5.75 Å². The van der Waals surface area contributed by atoms with Crippen molar-refractivity contribution in [2.45, 2.75) is 77.9 Å². The van der Waals surface area contributed by atoms with Crippen LogP contribution < -0.4 is 4.74 Å². The second-order valence-corrected chi connectivity index (χ2v) is 12.1. The number of ether oxygens (including phenoxy) is 2. The standard InChI is InChI=1S/C30H46NO3/c1-29(2,3)25-14-15-28(27(20-25)30(4,5)6)34-19-18-33-23-26(32)22-31(16-10-11-17-31)21-24-12-8-7-9-13-24/h7-9,12-15,20,26,32H,10-11,16-19,21-23H2,1-6H3/q+1/t26-/m0/s1. The maximum Gasteiger partial charge on any atom is 0.126 e. The molecular formula is C30H46NO3+. The van der Waals surface area contributed by atoms with E-state index in [4.69, 9.17) is 9.47 Å². The van der Waals surface area contributed by atoms with Gasteiger partial charge in [0.15, 0.2) is 0 Å². The first-order valence-electron chi connectivity index (χ1n) is 12.9. The Kier molecular flexibility index (Phi) is 8.83. The van der Waals surface area contributed by atoms with Crippen LogP contribution in [-0.4, -0.2) is 55.1 Å². The molecule has 0 saturated carbocycles. The van der Waals surface area contributed by atoms with Crippen LogP contribution in [0.15, 0.2) is 48.5 Å². The van der Waals surface area contributed by atoms with Crippen molar-refractivity contribution in [2.24, 2.45) is 0 Å². The summed E-state index contributed by atoms with van der Waals surface area (Å²) in [6.07, 6.45) is 2.01. The molecule has 1 N–H and O–H groups in total. The van der Waals surface area contributed by atoms with E-state index in [2.05, 4.69) is 90.1 Å². The minimum absolute atomic E-state index is 0.0000838. The van der Waals surface area contributed by atoms with E-state index < -0.39 is 6.10 Å². The molecule has 0 amide bonds. The fourth-order valence-electron chi connectivity index (χ4n) is 5.02. The fraction of sp³-hybridized carbons (Fsp3) is 0.600. The van der Waals surface area contributed by atoms with Crippen LogP contribution >= 0.6 is 0 Å². The number of likely N-dealkylation sites (tertiary alicyclic amines) is 1. The molecule has 1 atom stereocenters. The lowest BCUT2D eigenvalue weighted by Gasteiger charge is -2.36. The highest BCUT2D eigenvalue weighted by molar-refractivity contribution is 5.43. The van der Waals surface area contributed by atoms with E-state index in [1.54, 1.807) is 0 Å². The quantitative estimate of drug-likeness (QED) is 0.351. The maximum absolute atomic E-state index is 10.7. The average molecular weight is 469 g/mol. The Bertz CT molecular complexity index is 890. The highest BCUT2D eigenvalue weighted by Crippen LogP contribution is 2.35. The van der Waals surface area contributed by atoms with E-state index in [9.17, 15) is 5.11 Å². The summed E-state index contributed by atoms with van der Waals surface area (Å²) in [7, 11) is 0. The molecule has 1 saturated heterocycles. The molecule has 2 aromatic carbocycles. The van der Waals surface area contributed by atoms with Crippen molar-refractivity contribution in [1.29, 1.82) is 0 Å². The van der Waals surface area contributed by atoms with Gasteiger partial charge >= 0.3 is 0 Å². The zero-order valence-corrected chi connectivity index (χ0v) is 22.3. The topological polar surface area (TPSA) is 38.7 Å². The normalized spacial score (nSPS) is 17.0. The summed E-state index contributed by atoms with van der Waals surface area (Å²) in [4.78, 5) is 0. The second-order valence-electron chi connectivity index (χ2n) is 12.1. The van der Waals surface area contributed by atoms with Gasteiger partial charge in [0.2, 0.25) is 0 Å². The van der Waals surface area contributed by atoms with Crippen molar-refractivity contribution in [3.05, 3.63) is 65.2 Å². The molecule has 4 nitrogen and oxygen atoms in total. The van der Waals surface area contributed by atoms with Crippen LogP contribution in [0.2, 0.25) is 0 Å². The third-order valence-electron chi connectivity index (χ3n) is 6.92. The number of aliphatic hydroxyl groups is 1. The molecule has 0 unspecified atom stereocenters. The van der Waals surface area contributed by atoms with Crippen LogP contribution in [-0.2, 0) is 22.1 Å². The van der Waals surface area contributed by atoms with Gasteiger partial charge in [-0.15, -0.1) is 0 Å². The van der Waals surface area contributed by atoms with Crippen molar-refractivity contribution >= 4 is 0 Å². The lowest BCUT2D eigenvalue weighted by molar-refractivity contribution is -0.932. The van der Waals surface area contributed by atoms with Crippen molar-refractivity contribution in [2.75, 3.05) is 39.5 Å². The van der Waals surface area contributed by atoms with E-state index in [0.29, 0.717) is 19.8 Å². The summed E-state index contributed by atoms with van der Waals surface area (Å²) in [5.41, 5.74) is 3.99. The number of hydrogen-bond acceptors (Lipinski definition) is 3. The molecule has 1 aliphatic rings. The molecule has 1 fully saturated rings. The minimum atomic E-state index is -0.460. The highest BCUT2D eigenvalue weighted by Gasteiger charge is 2.34. The molecule has 4 heteroatoms. The first-order chi connectivity index (χ1) is 16.0. The lowest BCUT2D eigenvalue weighted by Crippen LogP contribution is -2.50. The van der Waals surface area contributed by atoms with Crippen molar-refractivity contribution < 1.29 is 19.1 Å². The number of hydrogen-bond donors (Lipinski definition) is 1. The summed E-state index contributed by atoms with van der Waals surface area (Å²) in [6, 6.07) is 17.2. The van der Waals surface area contributed by atoms with Crippen molar-refractivity contribution in [1.82, 2.24) is 0 Å². The van der Waals surface area contributed by atoms with Gasteiger partial charge in [-0.1, -0.05) is 84.0 Å². The molecule has 2 aromatic rings. The van der Waals surface area contributed by atoms with Crippen molar-refractivity contribution in [3.8, 4) is 5.75 Å². The Balaban J connectivity index is 1.49. The Morgan fingerprint density at radius 1 is 0.882 bits per heavy atom. The predicted molar refractivity (Wildman–Crippen MR) is 140 cm³/mol. The molecule has 34 heavy (non-hydrogen) atoms. The van der Waals surface area contributed by atoms with Crippen LogP contribution in [0, 0.1) is 0 Å². The summed E-state index contributed by atoms with van der Waals surface area (Å²) < 4.78 is 12.9. The maximum atomic E-state index is 10.7. The van der Waals surface area contributed by atoms with E-state index in [0.717, 1.165) is 36.4 Å². The zero-order chi connectivity index (χ0) is 24.8. The number of rotatable bonds is 10. The molecule has 3 rings (SSSR count). The van der Waals surface area contributed by atoms with E-state index in [1.807, 2.05) is 0 Å². The van der Waals surface area contributed by atoms with Gasteiger partial charge in [0.1, 0.15) is 31.5 Å². The van der Waals surface area contributed by atoms with Crippen LogP contribution in [0.25, 0.3) is 0 Å². The van der Waals surface area contributed by atoms with E-state index in [1.165, 1.54) is 29.5 Å². The Labute approximate surface area is 207 Å². The molecule has 1 heterocycles. The molecule has 0 bridgehead atoms. The van der Waals surface area contributed by atoms with Crippen molar-refractivity contribution in [3.63, 3.8) is 0 Å². The Morgan fingerprint density at radius 3 is 2.18 bits per heavy atom. The van der Waals surface area contributed by atoms with E-state index >= 15 is 0 Å². The largest absolute Gasteiger partial charge is 0.491 e. The Morgan fingerprint density at radius 2 is 1.56 bits per heavy atom. The van der Waals surface area contributed by atoms with Crippen LogP contribution in [0.3, 0.4) is 0 Å². The smallest absolute Gasteiger partial charge is 0.126 e. The van der Waals surface area contributed by atoms with Crippen LogP contribution in [0.4, 0.5) is 0 Å². The Hall–Kier alpha value is -1.88. The zero-order valence-electron chi connectivity index (χ0n) is 22.3. The molecular weight excluding hydrogens is 422 g/mol. The molecule has 0 aliphatic carbocycles. The summed E-state index contributed by atoms with van der Waals surface area (Å²) in [5.74, 6) is 0.925. The molecule has 0 spiro atoms. The number of benzene rings is 2.